The van der Waals surface area contributed by atoms with Crippen molar-refractivity contribution in [1.82, 2.24) is 0 Å². The highest BCUT2D eigenvalue weighted by molar-refractivity contribution is 5.45. The molecule has 17 heavy (non-hydrogen) atoms. The molecule has 82 valence electrons. The molecule has 0 bridgehead atoms. The molecule has 1 saturated heterocycles. The van der Waals surface area contributed by atoms with Gasteiger partial charge in [0.1, 0.15) is 0 Å². The van der Waals surface area contributed by atoms with Crippen molar-refractivity contribution in [2.45, 2.75) is 11.7 Å². The molecule has 0 amide bonds. The van der Waals surface area contributed by atoms with Gasteiger partial charge in [0.15, 0.2) is 11.7 Å². The zero-order chi connectivity index (χ0) is 11.7. The molecule has 1 atom stereocenters. The summed E-state index contributed by atoms with van der Waals surface area (Å²) in [5.41, 5.74) is 1.52. The second-order valence-electron chi connectivity index (χ2n) is 4.09. The van der Waals surface area contributed by atoms with Gasteiger partial charge in [0, 0.05) is 0 Å². The summed E-state index contributed by atoms with van der Waals surface area (Å²) in [5, 5.41) is 9.09. The van der Waals surface area contributed by atoms with Crippen molar-refractivity contribution in [1.29, 1.82) is 5.26 Å². The van der Waals surface area contributed by atoms with Gasteiger partial charge in [-0.15, -0.1) is 0 Å². The fraction of sp³-hybridized carbons (Fsp3) is 0.133. The van der Waals surface area contributed by atoms with Crippen LogP contribution in [-0.2, 0) is 10.3 Å². The first-order chi connectivity index (χ1) is 8.38. The molecular formula is C15H11NO. The predicted molar refractivity (Wildman–Crippen MR) is 64.2 cm³/mol. The topological polar surface area (TPSA) is 36.3 Å². The Bertz CT molecular complexity index is 517. The minimum atomic E-state index is -0.558. The first-order valence-electron chi connectivity index (χ1n) is 5.56. The van der Waals surface area contributed by atoms with Crippen LogP contribution < -0.4 is 0 Å². The Hall–Kier alpha value is -2.11. The van der Waals surface area contributed by atoms with E-state index in [9.17, 15) is 0 Å². The Morgan fingerprint density at radius 2 is 1.35 bits per heavy atom. The number of hydrogen-bond acceptors (Lipinski definition) is 2. The zero-order valence-electron chi connectivity index (χ0n) is 9.21. The van der Waals surface area contributed by atoms with E-state index in [1.165, 1.54) is 0 Å². The van der Waals surface area contributed by atoms with Gasteiger partial charge in [-0.1, -0.05) is 60.7 Å². The van der Waals surface area contributed by atoms with E-state index in [0.717, 1.165) is 11.1 Å². The molecule has 1 unspecified atom stereocenters. The summed E-state index contributed by atoms with van der Waals surface area (Å²) in [6.45, 7) is 0. The lowest BCUT2D eigenvalue weighted by molar-refractivity contribution is 0.339. The third-order valence-corrected chi connectivity index (χ3v) is 3.14. The van der Waals surface area contributed by atoms with E-state index in [1.807, 2.05) is 60.7 Å². The van der Waals surface area contributed by atoms with Crippen LogP contribution in [0.4, 0.5) is 0 Å². The third-order valence-electron chi connectivity index (χ3n) is 3.14. The van der Waals surface area contributed by atoms with Gasteiger partial charge in [-0.2, -0.15) is 5.26 Å². The molecule has 1 aliphatic rings. The van der Waals surface area contributed by atoms with E-state index >= 15 is 0 Å². The maximum Gasteiger partial charge on any atom is 0.183 e. The number of hydrogen-bond donors (Lipinski definition) is 0. The Morgan fingerprint density at radius 1 is 0.882 bits per heavy atom. The first kappa shape index (κ1) is 10.1. The molecule has 0 saturated carbocycles. The number of ether oxygens (including phenoxy) is 1. The molecular weight excluding hydrogens is 210 g/mol. The smallest absolute Gasteiger partial charge is 0.183 e. The van der Waals surface area contributed by atoms with E-state index in [4.69, 9.17) is 10.00 Å². The van der Waals surface area contributed by atoms with Gasteiger partial charge in [-0.05, 0) is 11.1 Å². The molecule has 3 rings (SSSR count). The predicted octanol–water partition coefficient (Wildman–Crippen LogP) is 2.85. The van der Waals surface area contributed by atoms with Crippen molar-refractivity contribution in [3.05, 3.63) is 71.8 Å². The standard InChI is InChI=1S/C15H11NO/c16-11-14-15(17-14,12-7-3-1-4-8-12)13-9-5-2-6-10-13/h1-10,14H. The number of epoxide rings is 1. The van der Waals surface area contributed by atoms with Crippen LogP contribution in [0.1, 0.15) is 11.1 Å². The maximum absolute atomic E-state index is 9.09. The maximum atomic E-state index is 9.09. The lowest BCUT2D eigenvalue weighted by Gasteiger charge is -2.12. The molecule has 2 aromatic carbocycles. The van der Waals surface area contributed by atoms with Crippen molar-refractivity contribution in [3.8, 4) is 6.07 Å². The summed E-state index contributed by atoms with van der Waals surface area (Å²) in [6, 6.07) is 22.0. The third kappa shape index (κ3) is 1.44. The second-order valence-corrected chi connectivity index (χ2v) is 4.09. The van der Waals surface area contributed by atoms with Gasteiger partial charge in [0.05, 0.1) is 6.07 Å². The highest BCUT2D eigenvalue weighted by Crippen LogP contribution is 2.51. The van der Waals surface area contributed by atoms with Gasteiger partial charge in [-0.25, -0.2) is 0 Å². The number of nitrogens with zero attached hydrogens (tertiary/aromatic N) is 1. The first-order valence-corrected chi connectivity index (χ1v) is 5.56. The molecule has 2 heteroatoms. The molecule has 2 aromatic rings. The molecule has 0 N–H and O–H groups in total. The minimum Gasteiger partial charge on any atom is -0.340 e. The Labute approximate surface area is 100 Å². The summed E-state index contributed by atoms with van der Waals surface area (Å²) in [5.74, 6) is 0. The number of nitriles is 1. The molecule has 1 heterocycles. The van der Waals surface area contributed by atoms with Crippen LogP contribution in [0.5, 0.6) is 0 Å². The van der Waals surface area contributed by atoms with Crippen LogP contribution in [-0.4, -0.2) is 6.10 Å². The van der Waals surface area contributed by atoms with Crippen molar-refractivity contribution in [2.24, 2.45) is 0 Å². The molecule has 1 aliphatic heterocycles. The van der Waals surface area contributed by atoms with Gasteiger partial charge in [-0.3, -0.25) is 0 Å². The molecule has 0 aliphatic carbocycles. The van der Waals surface area contributed by atoms with Crippen LogP contribution in [0.25, 0.3) is 0 Å². The highest BCUT2D eigenvalue weighted by atomic mass is 16.6. The SMILES string of the molecule is N#CC1OC1(c1ccccc1)c1ccccc1. The number of benzene rings is 2. The van der Waals surface area contributed by atoms with Crippen LogP contribution in [0, 0.1) is 11.3 Å². The van der Waals surface area contributed by atoms with E-state index in [0.29, 0.717) is 0 Å². The average Bonchev–Trinajstić information content (AvgIpc) is 3.17. The lowest BCUT2D eigenvalue weighted by Crippen LogP contribution is -2.13. The molecule has 2 nitrogen and oxygen atoms in total. The van der Waals surface area contributed by atoms with Crippen LogP contribution in [0.15, 0.2) is 60.7 Å². The summed E-state index contributed by atoms with van der Waals surface area (Å²) in [6.07, 6.45) is -0.382. The van der Waals surface area contributed by atoms with Crippen molar-refractivity contribution in [2.75, 3.05) is 0 Å². The fourth-order valence-electron chi connectivity index (χ4n) is 2.25. The van der Waals surface area contributed by atoms with E-state index < -0.39 is 5.60 Å². The van der Waals surface area contributed by atoms with Gasteiger partial charge < -0.3 is 4.74 Å². The average molecular weight is 221 g/mol. The summed E-state index contributed by atoms with van der Waals surface area (Å²) in [4.78, 5) is 0. The van der Waals surface area contributed by atoms with Crippen LogP contribution in [0.2, 0.25) is 0 Å². The summed E-state index contributed by atoms with van der Waals surface area (Å²) < 4.78 is 5.66. The van der Waals surface area contributed by atoms with Crippen LogP contribution >= 0.6 is 0 Å². The molecule has 0 spiro atoms. The monoisotopic (exact) mass is 221 g/mol. The van der Waals surface area contributed by atoms with Gasteiger partial charge >= 0.3 is 0 Å². The quantitative estimate of drug-likeness (QED) is 0.731. The van der Waals surface area contributed by atoms with Gasteiger partial charge in [0.2, 0.25) is 0 Å². The normalized spacial score (nSPS) is 20.5. The second kappa shape index (κ2) is 3.73. The van der Waals surface area contributed by atoms with Crippen LogP contribution in [0.3, 0.4) is 0 Å². The van der Waals surface area contributed by atoms with E-state index in [2.05, 4.69) is 6.07 Å². The van der Waals surface area contributed by atoms with Crippen molar-refractivity contribution >= 4 is 0 Å². The zero-order valence-corrected chi connectivity index (χ0v) is 9.21. The van der Waals surface area contributed by atoms with Gasteiger partial charge in [0.25, 0.3) is 0 Å². The fourth-order valence-corrected chi connectivity index (χ4v) is 2.25. The van der Waals surface area contributed by atoms with E-state index in [1.54, 1.807) is 0 Å². The largest absolute Gasteiger partial charge is 0.340 e. The molecule has 0 aromatic heterocycles. The Morgan fingerprint density at radius 3 is 1.71 bits per heavy atom. The van der Waals surface area contributed by atoms with Crippen molar-refractivity contribution < 1.29 is 4.74 Å². The van der Waals surface area contributed by atoms with E-state index in [-0.39, 0.29) is 6.10 Å². The van der Waals surface area contributed by atoms with Crippen molar-refractivity contribution in [3.63, 3.8) is 0 Å². The Balaban J connectivity index is 2.12. The lowest BCUT2D eigenvalue weighted by atomic mass is 9.88. The Kier molecular flexibility index (Phi) is 2.21. The summed E-state index contributed by atoms with van der Waals surface area (Å²) >= 11 is 0. The highest BCUT2D eigenvalue weighted by Gasteiger charge is 2.59. The summed E-state index contributed by atoms with van der Waals surface area (Å²) in [7, 11) is 0. The molecule has 0 radical (unpaired) electrons. The minimum absolute atomic E-state index is 0.382. The molecule has 1 fully saturated rings. The number of rotatable bonds is 2.